The van der Waals surface area contributed by atoms with E-state index in [-0.39, 0.29) is 0 Å². The Balaban J connectivity index is 2.68. The van der Waals surface area contributed by atoms with Crippen molar-refractivity contribution >= 4 is 11.6 Å². The van der Waals surface area contributed by atoms with Crippen LogP contribution in [0.5, 0.6) is 0 Å². The molecule has 2 aromatic heterocycles. The van der Waals surface area contributed by atoms with Crippen molar-refractivity contribution in [1.29, 1.82) is 0 Å². The summed E-state index contributed by atoms with van der Waals surface area (Å²) in [6.45, 7) is 3.68. The lowest BCUT2D eigenvalue weighted by molar-refractivity contribution is 0.718. The van der Waals surface area contributed by atoms with Gasteiger partial charge in [0.2, 0.25) is 0 Å². The normalized spacial score (nSPS) is 10.7. The van der Waals surface area contributed by atoms with Gasteiger partial charge in [-0.3, -0.25) is 0 Å². The van der Waals surface area contributed by atoms with Crippen molar-refractivity contribution in [2.45, 2.75) is 13.8 Å². The summed E-state index contributed by atoms with van der Waals surface area (Å²) in [5, 5.41) is 8.14. The van der Waals surface area contributed by atoms with Crippen LogP contribution in [0.4, 0.5) is 0 Å². The van der Waals surface area contributed by atoms with Gasteiger partial charge in [0, 0.05) is 12.6 Å². The van der Waals surface area contributed by atoms with Gasteiger partial charge in [-0.25, -0.2) is 14.6 Å². The Kier molecular flexibility index (Phi) is 2.40. The highest BCUT2D eigenvalue weighted by molar-refractivity contribution is 6.30. The molecular formula is C9H10ClN5. The summed E-state index contributed by atoms with van der Waals surface area (Å²) < 4.78 is 1.66. The summed E-state index contributed by atoms with van der Waals surface area (Å²) in [6.07, 6.45) is 1.66. The summed E-state index contributed by atoms with van der Waals surface area (Å²) in [5.41, 5.74) is 2.45. The predicted octanol–water partition coefficient (Wildman–Crippen LogP) is 1.54. The number of aromatic nitrogens is 5. The molecule has 2 aromatic rings. The van der Waals surface area contributed by atoms with E-state index in [1.54, 1.807) is 17.8 Å². The van der Waals surface area contributed by atoms with E-state index in [0.29, 0.717) is 11.0 Å². The molecule has 0 saturated carbocycles. The van der Waals surface area contributed by atoms with Crippen molar-refractivity contribution in [3.63, 3.8) is 0 Å². The average Bonchev–Trinajstić information content (AvgIpc) is 2.58. The second kappa shape index (κ2) is 3.58. The summed E-state index contributed by atoms with van der Waals surface area (Å²) in [7, 11) is 1.81. The molecule has 2 rings (SSSR count). The number of nitrogens with zero attached hydrogens (tertiary/aromatic N) is 5. The Labute approximate surface area is 92.1 Å². The van der Waals surface area contributed by atoms with Gasteiger partial charge in [-0.2, -0.15) is 0 Å². The highest BCUT2D eigenvalue weighted by atomic mass is 35.5. The number of rotatable bonds is 1. The Bertz CT molecular complexity index is 505. The van der Waals surface area contributed by atoms with Crippen LogP contribution in [0.25, 0.3) is 11.4 Å². The Morgan fingerprint density at radius 2 is 2.00 bits per heavy atom. The van der Waals surface area contributed by atoms with Gasteiger partial charge in [0.1, 0.15) is 16.7 Å². The molecule has 2 heterocycles. The molecule has 0 N–H and O–H groups in total. The van der Waals surface area contributed by atoms with Crippen molar-refractivity contribution in [2.75, 3.05) is 0 Å². The molecular weight excluding hydrogens is 214 g/mol. The van der Waals surface area contributed by atoms with Crippen LogP contribution in [-0.4, -0.2) is 25.0 Å². The number of hydrogen-bond donors (Lipinski definition) is 0. The van der Waals surface area contributed by atoms with Gasteiger partial charge < -0.3 is 0 Å². The first kappa shape index (κ1) is 10.0. The van der Waals surface area contributed by atoms with Crippen LogP contribution in [0.1, 0.15) is 11.4 Å². The Morgan fingerprint density at radius 1 is 1.27 bits per heavy atom. The van der Waals surface area contributed by atoms with Gasteiger partial charge in [0.25, 0.3) is 0 Å². The minimum atomic E-state index is 0.471. The number of halogens is 1. The van der Waals surface area contributed by atoms with Crippen LogP contribution in [0.2, 0.25) is 5.15 Å². The van der Waals surface area contributed by atoms with Crippen LogP contribution in [0, 0.1) is 13.8 Å². The van der Waals surface area contributed by atoms with Gasteiger partial charge in [0.15, 0.2) is 0 Å². The SMILES string of the molecule is Cc1nc(Cl)c(C)c(-c2cnnn2C)n1. The zero-order valence-corrected chi connectivity index (χ0v) is 9.45. The molecule has 0 amide bonds. The molecule has 15 heavy (non-hydrogen) atoms. The largest absolute Gasteiger partial charge is 0.246 e. The molecule has 5 nitrogen and oxygen atoms in total. The topological polar surface area (TPSA) is 56.5 Å². The Morgan fingerprint density at radius 3 is 2.60 bits per heavy atom. The third-order valence-electron chi connectivity index (χ3n) is 2.16. The van der Waals surface area contributed by atoms with E-state index in [0.717, 1.165) is 17.0 Å². The molecule has 0 radical (unpaired) electrons. The maximum absolute atomic E-state index is 5.99. The van der Waals surface area contributed by atoms with Crippen molar-refractivity contribution in [3.8, 4) is 11.4 Å². The van der Waals surface area contributed by atoms with Crippen molar-refractivity contribution < 1.29 is 0 Å². The molecule has 0 spiro atoms. The van der Waals surface area contributed by atoms with Crippen molar-refractivity contribution in [2.24, 2.45) is 7.05 Å². The number of aryl methyl sites for hydroxylation is 2. The summed E-state index contributed by atoms with van der Waals surface area (Å²) in [5.74, 6) is 0.641. The van der Waals surface area contributed by atoms with Gasteiger partial charge in [0.05, 0.1) is 11.9 Å². The van der Waals surface area contributed by atoms with E-state index >= 15 is 0 Å². The molecule has 0 atom stereocenters. The van der Waals surface area contributed by atoms with Crippen LogP contribution in [0.3, 0.4) is 0 Å². The first-order valence-electron chi connectivity index (χ1n) is 4.45. The van der Waals surface area contributed by atoms with Crippen molar-refractivity contribution in [1.82, 2.24) is 25.0 Å². The van der Waals surface area contributed by atoms with Crippen LogP contribution < -0.4 is 0 Å². The zero-order chi connectivity index (χ0) is 11.0. The van der Waals surface area contributed by atoms with Gasteiger partial charge >= 0.3 is 0 Å². The monoisotopic (exact) mass is 223 g/mol. The zero-order valence-electron chi connectivity index (χ0n) is 8.69. The van der Waals surface area contributed by atoms with Crippen molar-refractivity contribution in [3.05, 3.63) is 22.7 Å². The highest BCUT2D eigenvalue weighted by Gasteiger charge is 2.12. The molecule has 6 heteroatoms. The third-order valence-corrected chi connectivity index (χ3v) is 2.52. The third kappa shape index (κ3) is 1.70. The van der Waals surface area contributed by atoms with E-state index in [1.807, 2.05) is 14.0 Å². The first-order chi connectivity index (χ1) is 7.09. The lowest BCUT2D eigenvalue weighted by atomic mass is 10.2. The van der Waals surface area contributed by atoms with E-state index in [2.05, 4.69) is 20.3 Å². The molecule has 78 valence electrons. The highest BCUT2D eigenvalue weighted by Crippen LogP contribution is 2.24. The lowest BCUT2D eigenvalue weighted by Gasteiger charge is -2.06. The predicted molar refractivity (Wildman–Crippen MR) is 56.5 cm³/mol. The minimum absolute atomic E-state index is 0.471. The van der Waals surface area contributed by atoms with Crippen LogP contribution in [-0.2, 0) is 7.05 Å². The molecule has 0 fully saturated rings. The van der Waals surface area contributed by atoms with Crippen LogP contribution >= 0.6 is 11.6 Å². The second-order valence-corrected chi connectivity index (χ2v) is 3.64. The molecule has 0 aliphatic heterocycles. The molecule has 0 aromatic carbocycles. The van der Waals surface area contributed by atoms with E-state index in [9.17, 15) is 0 Å². The smallest absolute Gasteiger partial charge is 0.136 e. The lowest BCUT2D eigenvalue weighted by Crippen LogP contribution is -2.01. The fourth-order valence-electron chi connectivity index (χ4n) is 1.35. The standard InChI is InChI=1S/C9H10ClN5/c1-5-8(7-4-11-14-15(7)3)12-6(2)13-9(5)10/h4H,1-3H3. The average molecular weight is 224 g/mol. The summed E-state index contributed by atoms with van der Waals surface area (Å²) in [4.78, 5) is 8.42. The molecule has 0 aliphatic rings. The van der Waals surface area contributed by atoms with Crippen LogP contribution in [0.15, 0.2) is 6.20 Å². The molecule has 0 unspecified atom stereocenters. The number of hydrogen-bond acceptors (Lipinski definition) is 4. The van der Waals surface area contributed by atoms with Gasteiger partial charge in [-0.15, -0.1) is 5.10 Å². The fourth-order valence-corrected chi connectivity index (χ4v) is 1.56. The molecule has 0 aliphatic carbocycles. The molecule has 0 bridgehead atoms. The molecule has 0 saturated heterocycles. The van der Waals surface area contributed by atoms with Gasteiger partial charge in [-0.1, -0.05) is 16.8 Å². The summed E-state index contributed by atoms with van der Waals surface area (Å²) in [6, 6.07) is 0. The van der Waals surface area contributed by atoms with E-state index < -0.39 is 0 Å². The first-order valence-corrected chi connectivity index (χ1v) is 4.83. The Hall–Kier alpha value is -1.49. The summed E-state index contributed by atoms with van der Waals surface area (Å²) >= 11 is 5.99. The van der Waals surface area contributed by atoms with E-state index in [1.165, 1.54) is 0 Å². The minimum Gasteiger partial charge on any atom is -0.246 e. The van der Waals surface area contributed by atoms with Gasteiger partial charge in [-0.05, 0) is 13.8 Å². The maximum Gasteiger partial charge on any atom is 0.136 e. The van der Waals surface area contributed by atoms with E-state index in [4.69, 9.17) is 11.6 Å². The second-order valence-electron chi connectivity index (χ2n) is 3.28. The fraction of sp³-hybridized carbons (Fsp3) is 0.333. The maximum atomic E-state index is 5.99. The quantitative estimate of drug-likeness (QED) is 0.689.